The first kappa shape index (κ1) is 15.3. The second-order valence-electron chi connectivity index (χ2n) is 5.84. The zero-order chi connectivity index (χ0) is 16.4. The molecule has 1 aliphatic rings. The van der Waals surface area contributed by atoms with Gasteiger partial charge in [-0.05, 0) is 38.0 Å². The van der Waals surface area contributed by atoms with Crippen LogP contribution in [0.2, 0.25) is 0 Å². The number of benzene rings is 1. The summed E-state index contributed by atoms with van der Waals surface area (Å²) in [5, 5.41) is 0. The van der Waals surface area contributed by atoms with Crippen LogP contribution in [0.3, 0.4) is 0 Å². The molecular formula is C18H19FN2O2. The standard InChI is InChI=1S/C18H19FN2O2/c1-13(2)7-8-15-12-21(18(22)23-15)14-9-10-20(11-14)17-6-4-3-5-16(17)19/h3-6,9-11,15H,1,7-8,12H2,2H3/t15-/m0/s1. The van der Waals surface area contributed by atoms with Crippen LogP contribution in [0.1, 0.15) is 19.8 Å². The van der Waals surface area contributed by atoms with E-state index in [1.807, 2.05) is 6.92 Å². The summed E-state index contributed by atoms with van der Waals surface area (Å²) in [6.45, 7) is 6.33. The molecule has 4 nitrogen and oxygen atoms in total. The van der Waals surface area contributed by atoms with Gasteiger partial charge in [-0.2, -0.15) is 0 Å². The number of nitrogens with zero attached hydrogens (tertiary/aromatic N) is 2. The Bertz CT molecular complexity index is 738. The Labute approximate surface area is 134 Å². The van der Waals surface area contributed by atoms with Crippen LogP contribution in [-0.2, 0) is 4.74 Å². The molecule has 1 amide bonds. The van der Waals surface area contributed by atoms with Gasteiger partial charge in [-0.15, -0.1) is 6.58 Å². The molecule has 1 saturated heterocycles. The molecule has 1 aromatic carbocycles. The number of hydrogen-bond donors (Lipinski definition) is 0. The van der Waals surface area contributed by atoms with Crippen molar-refractivity contribution in [3.63, 3.8) is 0 Å². The smallest absolute Gasteiger partial charge is 0.414 e. The molecule has 23 heavy (non-hydrogen) atoms. The summed E-state index contributed by atoms with van der Waals surface area (Å²) < 4.78 is 20.9. The van der Waals surface area contributed by atoms with Gasteiger partial charge in [0, 0.05) is 12.4 Å². The number of hydrogen-bond acceptors (Lipinski definition) is 2. The van der Waals surface area contributed by atoms with Gasteiger partial charge in [0.05, 0.1) is 17.9 Å². The average Bonchev–Trinajstić information content (AvgIpc) is 3.12. The minimum atomic E-state index is -0.358. The summed E-state index contributed by atoms with van der Waals surface area (Å²) in [6, 6.07) is 8.31. The number of allylic oxidation sites excluding steroid dienone is 1. The Kier molecular flexibility index (Phi) is 4.19. The van der Waals surface area contributed by atoms with Crippen LogP contribution in [0.25, 0.3) is 5.69 Å². The highest BCUT2D eigenvalue weighted by Gasteiger charge is 2.32. The molecule has 120 valence electrons. The van der Waals surface area contributed by atoms with E-state index in [4.69, 9.17) is 4.74 Å². The van der Waals surface area contributed by atoms with Crippen molar-refractivity contribution in [1.29, 1.82) is 0 Å². The van der Waals surface area contributed by atoms with E-state index in [2.05, 4.69) is 6.58 Å². The molecular weight excluding hydrogens is 295 g/mol. The molecule has 0 aliphatic carbocycles. The van der Waals surface area contributed by atoms with E-state index in [0.29, 0.717) is 17.9 Å². The van der Waals surface area contributed by atoms with Gasteiger partial charge in [0.1, 0.15) is 11.9 Å². The van der Waals surface area contributed by atoms with Gasteiger partial charge < -0.3 is 9.30 Å². The maximum Gasteiger partial charge on any atom is 0.414 e. The Morgan fingerprint density at radius 2 is 2.17 bits per heavy atom. The molecule has 2 aromatic rings. The molecule has 0 bridgehead atoms. The molecule has 1 aromatic heterocycles. The fraction of sp³-hybridized carbons (Fsp3) is 0.278. The Balaban J connectivity index is 1.74. The summed E-state index contributed by atoms with van der Waals surface area (Å²) in [5.41, 5.74) is 2.23. The Hall–Kier alpha value is -2.56. The summed E-state index contributed by atoms with van der Waals surface area (Å²) in [5.74, 6) is -0.307. The Morgan fingerprint density at radius 3 is 2.91 bits per heavy atom. The van der Waals surface area contributed by atoms with Crippen molar-refractivity contribution in [3.05, 3.63) is 60.7 Å². The maximum atomic E-state index is 13.8. The third kappa shape index (κ3) is 3.28. The highest BCUT2D eigenvalue weighted by molar-refractivity contribution is 5.89. The molecule has 1 atom stereocenters. The number of cyclic esters (lactones) is 1. The quantitative estimate of drug-likeness (QED) is 0.771. The predicted octanol–water partition coefficient (Wildman–Crippen LogP) is 4.30. The number of carbonyl (C=O) groups excluding carboxylic acids is 1. The van der Waals surface area contributed by atoms with Crippen LogP contribution >= 0.6 is 0 Å². The van der Waals surface area contributed by atoms with Crippen LogP contribution in [0.4, 0.5) is 14.9 Å². The third-order valence-electron chi connectivity index (χ3n) is 3.89. The van der Waals surface area contributed by atoms with Gasteiger partial charge in [0.15, 0.2) is 0 Å². The van der Waals surface area contributed by atoms with E-state index >= 15 is 0 Å². The number of carbonyl (C=O) groups is 1. The number of aromatic nitrogens is 1. The molecule has 0 saturated carbocycles. The van der Waals surface area contributed by atoms with E-state index in [1.165, 1.54) is 6.07 Å². The average molecular weight is 314 g/mol. The van der Waals surface area contributed by atoms with Crippen LogP contribution in [0.15, 0.2) is 54.9 Å². The van der Waals surface area contributed by atoms with Crippen LogP contribution in [-0.4, -0.2) is 23.3 Å². The molecule has 0 spiro atoms. The SMILES string of the molecule is C=C(C)CC[C@H]1CN(c2ccn(-c3ccccc3F)c2)C(=O)O1. The molecule has 2 heterocycles. The van der Waals surface area contributed by atoms with E-state index in [-0.39, 0.29) is 18.0 Å². The molecule has 1 aliphatic heterocycles. The molecule has 3 rings (SSSR count). The lowest BCUT2D eigenvalue weighted by atomic mass is 10.1. The Morgan fingerprint density at radius 1 is 1.39 bits per heavy atom. The van der Waals surface area contributed by atoms with Crippen LogP contribution in [0.5, 0.6) is 0 Å². The van der Waals surface area contributed by atoms with Gasteiger partial charge in [0.25, 0.3) is 0 Å². The molecule has 1 fully saturated rings. The normalized spacial score (nSPS) is 17.4. The van der Waals surface area contributed by atoms with Crippen molar-refractivity contribution in [2.45, 2.75) is 25.9 Å². The van der Waals surface area contributed by atoms with Gasteiger partial charge in [0.2, 0.25) is 0 Å². The predicted molar refractivity (Wildman–Crippen MR) is 87.4 cm³/mol. The summed E-state index contributed by atoms with van der Waals surface area (Å²) in [4.78, 5) is 13.6. The van der Waals surface area contributed by atoms with Crippen molar-refractivity contribution in [2.24, 2.45) is 0 Å². The van der Waals surface area contributed by atoms with E-state index in [1.54, 1.807) is 46.1 Å². The summed E-state index contributed by atoms with van der Waals surface area (Å²) in [6.07, 6.45) is 4.59. The van der Waals surface area contributed by atoms with Crippen LogP contribution < -0.4 is 4.90 Å². The zero-order valence-electron chi connectivity index (χ0n) is 13.0. The van der Waals surface area contributed by atoms with Gasteiger partial charge in [-0.1, -0.05) is 17.7 Å². The first-order valence-corrected chi connectivity index (χ1v) is 7.60. The lowest BCUT2D eigenvalue weighted by Gasteiger charge is -2.10. The van der Waals surface area contributed by atoms with Crippen molar-refractivity contribution >= 4 is 11.8 Å². The minimum absolute atomic E-state index is 0.129. The summed E-state index contributed by atoms with van der Waals surface area (Å²) in [7, 11) is 0. The van der Waals surface area contributed by atoms with E-state index < -0.39 is 0 Å². The van der Waals surface area contributed by atoms with Crippen molar-refractivity contribution < 1.29 is 13.9 Å². The number of ether oxygens (including phenoxy) is 1. The third-order valence-corrected chi connectivity index (χ3v) is 3.89. The second kappa shape index (κ2) is 6.28. The van der Waals surface area contributed by atoms with Crippen LogP contribution in [0, 0.1) is 5.82 Å². The fourth-order valence-electron chi connectivity index (χ4n) is 2.65. The molecule has 0 radical (unpaired) electrons. The van der Waals surface area contributed by atoms with Crippen molar-refractivity contribution in [1.82, 2.24) is 4.57 Å². The van der Waals surface area contributed by atoms with Crippen molar-refractivity contribution in [2.75, 3.05) is 11.4 Å². The number of amides is 1. The zero-order valence-corrected chi connectivity index (χ0v) is 13.0. The number of rotatable bonds is 5. The van der Waals surface area contributed by atoms with Gasteiger partial charge in [-0.25, -0.2) is 9.18 Å². The lowest BCUT2D eigenvalue weighted by Crippen LogP contribution is -2.24. The number of halogens is 1. The first-order valence-electron chi connectivity index (χ1n) is 7.60. The maximum absolute atomic E-state index is 13.8. The monoisotopic (exact) mass is 314 g/mol. The molecule has 0 unspecified atom stereocenters. The second-order valence-corrected chi connectivity index (χ2v) is 5.84. The number of anilines is 1. The first-order chi connectivity index (χ1) is 11.0. The lowest BCUT2D eigenvalue weighted by molar-refractivity contribution is 0.137. The largest absolute Gasteiger partial charge is 0.444 e. The van der Waals surface area contributed by atoms with E-state index in [0.717, 1.165) is 18.4 Å². The highest BCUT2D eigenvalue weighted by Crippen LogP contribution is 2.26. The highest BCUT2D eigenvalue weighted by atomic mass is 19.1. The topological polar surface area (TPSA) is 34.5 Å². The minimum Gasteiger partial charge on any atom is -0.444 e. The molecule has 0 N–H and O–H groups in total. The van der Waals surface area contributed by atoms with E-state index in [9.17, 15) is 9.18 Å². The fourth-order valence-corrected chi connectivity index (χ4v) is 2.65. The molecule has 5 heteroatoms. The van der Waals surface area contributed by atoms with Crippen molar-refractivity contribution in [3.8, 4) is 5.69 Å². The van der Waals surface area contributed by atoms with Gasteiger partial charge in [-0.3, -0.25) is 4.90 Å². The van der Waals surface area contributed by atoms with Gasteiger partial charge >= 0.3 is 6.09 Å². The summed E-state index contributed by atoms with van der Waals surface area (Å²) >= 11 is 0. The number of para-hydroxylation sites is 1.